The minimum Gasteiger partial charge on any atom is -0.390 e. The Balaban J connectivity index is 1.66. The number of aliphatic hydroxyl groups is 1. The topological polar surface area (TPSA) is 83.8 Å². The first kappa shape index (κ1) is 18.7. The predicted molar refractivity (Wildman–Crippen MR) is 103 cm³/mol. The standard InChI is InChI=1S/C21H16F2N4O2/c22-16-7-15(8-17(23)9-16)19-4-5-20(29)27(26-19)11-13-2-1-3-14(6-13)21-24-10-18(12-28)25-21/h1-10,28H,11-12H2,(H,24,25). The average molecular weight is 394 g/mol. The molecule has 2 aromatic carbocycles. The van der Waals surface area contributed by atoms with Gasteiger partial charge in [0.15, 0.2) is 0 Å². The number of aromatic amines is 1. The van der Waals surface area contributed by atoms with Crippen molar-refractivity contribution in [2.24, 2.45) is 0 Å². The second-order valence-corrected chi connectivity index (χ2v) is 6.49. The molecule has 2 aromatic heterocycles. The Hall–Kier alpha value is -3.65. The molecule has 2 heterocycles. The highest BCUT2D eigenvalue weighted by Gasteiger charge is 2.09. The molecule has 6 nitrogen and oxygen atoms in total. The maximum atomic E-state index is 13.5. The SMILES string of the molecule is O=c1ccc(-c2cc(F)cc(F)c2)nn1Cc1cccc(-c2ncc(CO)[nH]2)c1. The van der Waals surface area contributed by atoms with Gasteiger partial charge in [0.25, 0.3) is 5.56 Å². The second-order valence-electron chi connectivity index (χ2n) is 6.49. The van der Waals surface area contributed by atoms with Crippen LogP contribution in [0.5, 0.6) is 0 Å². The highest BCUT2D eigenvalue weighted by atomic mass is 19.1. The van der Waals surface area contributed by atoms with E-state index in [1.54, 1.807) is 6.20 Å². The summed E-state index contributed by atoms with van der Waals surface area (Å²) in [6.45, 7) is 0.0331. The molecular weight excluding hydrogens is 378 g/mol. The van der Waals surface area contributed by atoms with Crippen LogP contribution in [0, 0.1) is 11.6 Å². The van der Waals surface area contributed by atoms with Gasteiger partial charge in [0.2, 0.25) is 0 Å². The molecule has 8 heteroatoms. The molecule has 0 aliphatic heterocycles. The molecule has 4 rings (SSSR count). The van der Waals surface area contributed by atoms with Crippen molar-refractivity contribution < 1.29 is 13.9 Å². The number of benzene rings is 2. The molecule has 2 N–H and O–H groups in total. The van der Waals surface area contributed by atoms with Crippen molar-refractivity contribution in [3.05, 3.63) is 94.0 Å². The summed E-state index contributed by atoms with van der Waals surface area (Å²) in [6.07, 6.45) is 1.55. The zero-order valence-electron chi connectivity index (χ0n) is 15.1. The third kappa shape index (κ3) is 4.12. The van der Waals surface area contributed by atoms with Gasteiger partial charge in [-0.25, -0.2) is 18.4 Å². The molecule has 0 unspecified atom stereocenters. The van der Waals surface area contributed by atoms with E-state index in [0.717, 1.165) is 29.3 Å². The normalized spacial score (nSPS) is 11.0. The largest absolute Gasteiger partial charge is 0.390 e. The number of H-pyrrole nitrogens is 1. The zero-order valence-corrected chi connectivity index (χ0v) is 15.1. The number of hydrogen-bond acceptors (Lipinski definition) is 4. The monoisotopic (exact) mass is 394 g/mol. The first-order chi connectivity index (χ1) is 14.0. The molecule has 0 radical (unpaired) electrons. The Kier molecular flexibility index (Phi) is 5.01. The van der Waals surface area contributed by atoms with Crippen LogP contribution in [0.1, 0.15) is 11.3 Å². The van der Waals surface area contributed by atoms with Gasteiger partial charge < -0.3 is 10.1 Å². The lowest BCUT2D eigenvalue weighted by molar-refractivity contribution is 0.277. The predicted octanol–water partition coefficient (Wildman–Crippen LogP) is 3.12. The molecule has 0 atom stereocenters. The van der Waals surface area contributed by atoms with E-state index in [4.69, 9.17) is 5.11 Å². The van der Waals surface area contributed by atoms with E-state index in [1.807, 2.05) is 24.3 Å². The summed E-state index contributed by atoms with van der Waals surface area (Å²) in [5, 5.41) is 13.4. The van der Waals surface area contributed by atoms with Crippen LogP contribution in [-0.2, 0) is 13.2 Å². The third-order valence-corrected chi connectivity index (χ3v) is 4.36. The molecule has 0 amide bonds. The highest BCUT2D eigenvalue weighted by Crippen LogP contribution is 2.20. The van der Waals surface area contributed by atoms with Crippen LogP contribution in [0.15, 0.2) is 65.6 Å². The van der Waals surface area contributed by atoms with Crippen LogP contribution < -0.4 is 5.56 Å². The Labute approximate surface area is 164 Å². The zero-order chi connectivity index (χ0) is 20.4. The third-order valence-electron chi connectivity index (χ3n) is 4.36. The van der Waals surface area contributed by atoms with Crippen molar-refractivity contribution in [1.29, 1.82) is 0 Å². The van der Waals surface area contributed by atoms with Crippen LogP contribution >= 0.6 is 0 Å². The molecule has 0 spiro atoms. The Morgan fingerprint density at radius 3 is 2.52 bits per heavy atom. The molecule has 0 saturated heterocycles. The van der Waals surface area contributed by atoms with Crippen molar-refractivity contribution in [1.82, 2.24) is 19.7 Å². The molecule has 0 aliphatic rings. The molecular formula is C21H16F2N4O2. The van der Waals surface area contributed by atoms with Gasteiger partial charge in [-0.3, -0.25) is 4.79 Å². The summed E-state index contributed by atoms with van der Waals surface area (Å²) in [5.74, 6) is -0.832. The number of rotatable bonds is 5. The summed E-state index contributed by atoms with van der Waals surface area (Å²) in [5.41, 5.74) is 2.38. The van der Waals surface area contributed by atoms with Gasteiger partial charge >= 0.3 is 0 Å². The van der Waals surface area contributed by atoms with Gasteiger partial charge in [0.1, 0.15) is 17.5 Å². The van der Waals surface area contributed by atoms with Crippen LogP contribution in [0.4, 0.5) is 8.78 Å². The first-order valence-electron chi connectivity index (χ1n) is 8.80. The van der Waals surface area contributed by atoms with E-state index >= 15 is 0 Å². The number of aromatic nitrogens is 4. The summed E-state index contributed by atoms with van der Waals surface area (Å²) >= 11 is 0. The summed E-state index contributed by atoms with van der Waals surface area (Å²) < 4.78 is 28.3. The van der Waals surface area contributed by atoms with E-state index in [1.165, 1.54) is 16.8 Å². The van der Waals surface area contributed by atoms with Crippen molar-refractivity contribution in [2.45, 2.75) is 13.2 Å². The lowest BCUT2D eigenvalue weighted by Crippen LogP contribution is -2.22. The number of halogens is 2. The maximum Gasteiger partial charge on any atom is 0.267 e. The Morgan fingerprint density at radius 1 is 1.00 bits per heavy atom. The van der Waals surface area contributed by atoms with Crippen LogP contribution in [0.25, 0.3) is 22.6 Å². The molecule has 4 aromatic rings. The van der Waals surface area contributed by atoms with Gasteiger partial charge in [0.05, 0.1) is 30.7 Å². The van der Waals surface area contributed by atoms with Crippen LogP contribution in [0.3, 0.4) is 0 Å². The van der Waals surface area contributed by atoms with E-state index < -0.39 is 11.6 Å². The minimum absolute atomic E-state index is 0.139. The summed E-state index contributed by atoms with van der Waals surface area (Å²) in [7, 11) is 0. The highest BCUT2D eigenvalue weighted by molar-refractivity contribution is 5.58. The maximum absolute atomic E-state index is 13.5. The smallest absolute Gasteiger partial charge is 0.267 e. The molecule has 0 bridgehead atoms. The van der Waals surface area contributed by atoms with Gasteiger partial charge in [-0.15, -0.1) is 0 Å². The first-order valence-corrected chi connectivity index (χ1v) is 8.80. The molecule has 0 fully saturated rings. The molecule has 0 saturated carbocycles. The van der Waals surface area contributed by atoms with Gasteiger partial charge in [-0.05, 0) is 29.8 Å². The summed E-state index contributed by atoms with van der Waals surface area (Å²) in [4.78, 5) is 19.5. The number of hydrogen-bond donors (Lipinski definition) is 2. The van der Waals surface area contributed by atoms with Crippen molar-refractivity contribution in [3.8, 4) is 22.6 Å². The van der Waals surface area contributed by atoms with Gasteiger partial charge in [0, 0.05) is 23.3 Å². The Morgan fingerprint density at radius 2 is 1.79 bits per heavy atom. The van der Waals surface area contributed by atoms with Crippen LogP contribution in [0.2, 0.25) is 0 Å². The lowest BCUT2D eigenvalue weighted by Gasteiger charge is -2.09. The van der Waals surface area contributed by atoms with Gasteiger partial charge in [-0.2, -0.15) is 5.10 Å². The van der Waals surface area contributed by atoms with Crippen molar-refractivity contribution in [3.63, 3.8) is 0 Å². The summed E-state index contributed by atoms with van der Waals surface area (Å²) in [6, 6.07) is 13.2. The van der Waals surface area contributed by atoms with E-state index in [9.17, 15) is 13.6 Å². The van der Waals surface area contributed by atoms with E-state index in [-0.39, 0.29) is 30.0 Å². The quantitative estimate of drug-likeness (QED) is 0.545. The van der Waals surface area contributed by atoms with E-state index in [2.05, 4.69) is 15.1 Å². The number of aliphatic hydroxyl groups excluding tert-OH is 1. The fourth-order valence-electron chi connectivity index (χ4n) is 2.99. The number of imidazole rings is 1. The molecule has 0 aliphatic carbocycles. The fraction of sp³-hybridized carbons (Fsp3) is 0.0952. The van der Waals surface area contributed by atoms with Gasteiger partial charge in [-0.1, -0.05) is 18.2 Å². The number of nitrogens with one attached hydrogen (secondary N) is 1. The second kappa shape index (κ2) is 7.76. The Bertz CT molecular complexity index is 1210. The average Bonchev–Trinajstić information content (AvgIpc) is 3.18. The van der Waals surface area contributed by atoms with E-state index in [0.29, 0.717) is 11.5 Å². The lowest BCUT2D eigenvalue weighted by atomic mass is 10.1. The fourth-order valence-corrected chi connectivity index (χ4v) is 2.99. The molecule has 29 heavy (non-hydrogen) atoms. The molecule has 146 valence electrons. The van der Waals surface area contributed by atoms with Crippen molar-refractivity contribution in [2.75, 3.05) is 0 Å². The van der Waals surface area contributed by atoms with Crippen LogP contribution in [-0.4, -0.2) is 24.9 Å². The minimum atomic E-state index is -0.715. The van der Waals surface area contributed by atoms with Crippen molar-refractivity contribution >= 4 is 0 Å². The number of nitrogens with zero attached hydrogens (tertiary/aromatic N) is 3.